The molecular weight excluding hydrogens is 330 g/mol. The molecule has 2 N–H and O–H groups in total. The summed E-state index contributed by atoms with van der Waals surface area (Å²) >= 11 is 1.11. The van der Waals surface area contributed by atoms with E-state index in [2.05, 4.69) is 9.72 Å². The molecule has 0 aliphatic rings. The predicted octanol–water partition coefficient (Wildman–Crippen LogP) is 1.42. The van der Waals surface area contributed by atoms with Gasteiger partial charge in [-0.1, -0.05) is 25.6 Å². The van der Waals surface area contributed by atoms with E-state index in [4.69, 9.17) is 5.73 Å². The van der Waals surface area contributed by atoms with Gasteiger partial charge in [0.1, 0.15) is 0 Å². The maximum Gasteiger partial charge on any atom is 0.337 e. The minimum Gasteiger partial charge on any atom is -0.465 e. The maximum atomic E-state index is 12.8. The first-order valence-electron chi connectivity index (χ1n) is 7.37. The third-order valence-electron chi connectivity index (χ3n) is 3.23. The number of esters is 1. The number of carbonyl (C=O) groups is 2. The zero-order valence-corrected chi connectivity index (χ0v) is 14.6. The molecule has 0 spiro atoms. The largest absolute Gasteiger partial charge is 0.465 e. The number of ether oxygens (including phenoxy) is 1. The van der Waals surface area contributed by atoms with E-state index in [-0.39, 0.29) is 17.2 Å². The molecule has 2 rings (SSSR count). The van der Waals surface area contributed by atoms with Crippen molar-refractivity contribution in [3.05, 3.63) is 34.1 Å². The zero-order valence-electron chi connectivity index (χ0n) is 13.7. The SMILES string of the molecule is COC(=O)c1ccc2c(=O)n(CC(C)C)c(SCC(N)=O)nc2c1. The smallest absolute Gasteiger partial charge is 0.337 e. The summed E-state index contributed by atoms with van der Waals surface area (Å²) in [6.45, 7) is 4.45. The van der Waals surface area contributed by atoms with Crippen LogP contribution < -0.4 is 11.3 Å². The van der Waals surface area contributed by atoms with Crippen LogP contribution in [0.15, 0.2) is 28.2 Å². The number of hydrogen-bond acceptors (Lipinski definition) is 6. The van der Waals surface area contributed by atoms with Gasteiger partial charge in [0.25, 0.3) is 5.56 Å². The maximum absolute atomic E-state index is 12.8. The molecule has 0 saturated heterocycles. The molecule has 0 bridgehead atoms. The molecule has 1 aromatic heterocycles. The molecule has 0 saturated carbocycles. The number of nitrogens with two attached hydrogens (primary N) is 1. The van der Waals surface area contributed by atoms with Crippen molar-refractivity contribution in [3.8, 4) is 0 Å². The van der Waals surface area contributed by atoms with E-state index in [1.807, 2.05) is 13.8 Å². The fraction of sp³-hybridized carbons (Fsp3) is 0.375. The lowest BCUT2D eigenvalue weighted by Gasteiger charge is -2.14. The first-order chi connectivity index (χ1) is 11.3. The van der Waals surface area contributed by atoms with Crippen LogP contribution in [0.4, 0.5) is 0 Å². The van der Waals surface area contributed by atoms with Gasteiger partial charge >= 0.3 is 5.97 Å². The second-order valence-corrected chi connectivity index (χ2v) is 6.62. The third-order valence-corrected chi connectivity index (χ3v) is 4.23. The highest BCUT2D eigenvalue weighted by atomic mass is 32.2. The van der Waals surface area contributed by atoms with Gasteiger partial charge in [-0.05, 0) is 24.1 Å². The summed E-state index contributed by atoms with van der Waals surface area (Å²) in [4.78, 5) is 39.9. The molecule has 8 heteroatoms. The zero-order chi connectivity index (χ0) is 17.9. The highest BCUT2D eigenvalue weighted by Crippen LogP contribution is 2.20. The highest BCUT2D eigenvalue weighted by molar-refractivity contribution is 7.99. The van der Waals surface area contributed by atoms with Crippen LogP contribution in [-0.4, -0.2) is 34.3 Å². The van der Waals surface area contributed by atoms with Crippen molar-refractivity contribution in [2.45, 2.75) is 25.5 Å². The summed E-state index contributed by atoms with van der Waals surface area (Å²) in [6, 6.07) is 4.61. The Bertz CT molecular complexity index is 845. The molecule has 0 radical (unpaired) electrons. The van der Waals surface area contributed by atoms with Crippen molar-refractivity contribution in [3.63, 3.8) is 0 Å². The van der Waals surface area contributed by atoms with Gasteiger partial charge in [0.2, 0.25) is 5.91 Å². The number of rotatable bonds is 6. The first kappa shape index (κ1) is 18.0. The van der Waals surface area contributed by atoms with E-state index in [1.54, 1.807) is 10.6 Å². The number of nitrogens with zero attached hydrogens (tertiary/aromatic N) is 2. The number of benzene rings is 1. The van der Waals surface area contributed by atoms with Gasteiger partial charge in [0, 0.05) is 6.54 Å². The molecule has 0 unspecified atom stereocenters. The highest BCUT2D eigenvalue weighted by Gasteiger charge is 2.15. The molecule has 0 aliphatic heterocycles. The lowest BCUT2D eigenvalue weighted by molar-refractivity contribution is -0.115. The second-order valence-electron chi connectivity index (χ2n) is 5.68. The normalized spacial score (nSPS) is 11.0. The van der Waals surface area contributed by atoms with Gasteiger partial charge in [-0.3, -0.25) is 14.2 Å². The fourth-order valence-electron chi connectivity index (χ4n) is 2.22. The number of hydrogen-bond donors (Lipinski definition) is 1. The lowest BCUT2D eigenvalue weighted by atomic mass is 10.1. The van der Waals surface area contributed by atoms with Crippen LogP contribution in [0.2, 0.25) is 0 Å². The Kier molecular flexibility index (Phi) is 5.61. The topological polar surface area (TPSA) is 104 Å². The van der Waals surface area contributed by atoms with Crippen molar-refractivity contribution in [1.82, 2.24) is 9.55 Å². The quantitative estimate of drug-likeness (QED) is 0.480. The molecule has 0 atom stereocenters. The third kappa shape index (κ3) is 3.94. The lowest BCUT2D eigenvalue weighted by Crippen LogP contribution is -2.26. The molecule has 1 aromatic carbocycles. The number of aromatic nitrogens is 2. The van der Waals surface area contributed by atoms with Crippen molar-refractivity contribution in [2.24, 2.45) is 11.7 Å². The van der Waals surface area contributed by atoms with E-state index in [9.17, 15) is 14.4 Å². The Morgan fingerprint density at radius 3 is 2.67 bits per heavy atom. The summed E-state index contributed by atoms with van der Waals surface area (Å²) in [5.41, 5.74) is 5.67. The van der Waals surface area contributed by atoms with Crippen LogP contribution >= 0.6 is 11.8 Å². The predicted molar refractivity (Wildman–Crippen MR) is 92.1 cm³/mol. The monoisotopic (exact) mass is 349 g/mol. The Labute approximate surface area is 143 Å². The molecule has 128 valence electrons. The van der Waals surface area contributed by atoms with Gasteiger partial charge in [0.15, 0.2) is 5.16 Å². The average Bonchev–Trinajstić information content (AvgIpc) is 2.54. The standard InChI is InChI=1S/C16H19N3O4S/c1-9(2)7-19-14(21)11-5-4-10(15(22)23-3)6-12(11)18-16(19)24-8-13(17)20/h4-6,9H,7-8H2,1-3H3,(H2,17,20). The summed E-state index contributed by atoms with van der Waals surface area (Å²) in [5, 5.41) is 0.814. The van der Waals surface area contributed by atoms with Crippen LogP contribution in [0.25, 0.3) is 10.9 Å². The van der Waals surface area contributed by atoms with E-state index < -0.39 is 11.9 Å². The van der Waals surface area contributed by atoms with Crippen LogP contribution in [0.1, 0.15) is 24.2 Å². The molecule has 0 aliphatic carbocycles. The van der Waals surface area contributed by atoms with Crippen LogP contribution in [0.3, 0.4) is 0 Å². The van der Waals surface area contributed by atoms with Crippen molar-refractivity contribution >= 4 is 34.5 Å². The fourth-order valence-corrected chi connectivity index (χ4v) is 2.97. The van der Waals surface area contributed by atoms with E-state index in [0.717, 1.165) is 11.8 Å². The van der Waals surface area contributed by atoms with Gasteiger partial charge in [0.05, 0.1) is 29.3 Å². The minimum absolute atomic E-state index is 0.0206. The van der Waals surface area contributed by atoms with Crippen LogP contribution in [-0.2, 0) is 16.1 Å². The van der Waals surface area contributed by atoms with Crippen molar-refractivity contribution in [2.75, 3.05) is 12.9 Å². The Balaban J connectivity index is 2.62. The summed E-state index contributed by atoms with van der Waals surface area (Å²) in [7, 11) is 1.29. The van der Waals surface area contributed by atoms with Crippen LogP contribution in [0.5, 0.6) is 0 Å². The number of fused-ring (bicyclic) bond motifs is 1. The Hall–Kier alpha value is -2.35. The van der Waals surface area contributed by atoms with E-state index >= 15 is 0 Å². The van der Waals surface area contributed by atoms with Crippen molar-refractivity contribution in [1.29, 1.82) is 0 Å². The molecule has 0 fully saturated rings. The first-order valence-corrected chi connectivity index (χ1v) is 8.36. The summed E-state index contributed by atoms with van der Waals surface area (Å²) < 4.78 is 6.22. The number of amides is 1. The molecule has 1 amide bonds. The summed E-state index contributed by atoms with van der Waals surface area (Å²) in [6.07, 6.45) is 0. The number of methoxy groups -OCH3 is 1. The van der Waals surface area contributed by atoms with E-state index in [0.29, 0.717) is 28.2 Å². The Morgan fingerprint density at radius 2 is 2.08 bits per heavy atom. The second kappa shape index (κ2) is 7.48. The molecular formula is C16H19N3O4S. The summed E-state index contributed by atoms with van der Waals surface area (Å²) in [5.74, 6) is -0.749. The number of primary amides is 1. The van der Waals surface area contributed by atoms with Gasteiger partial charge in [-0.2, -0.15) is 0 Å². The van der Waals surface area contributed by atoms with Crippen molar-refractivity contribution < 1.29 is 14.3 Å². The molecule has 24 heavy (non-hydrogen) atoms. The minimum atomic E-state index is -0.503. The van der Waals surface area contributed by atoms with E-state index in [1.165, 1.54) is 19.2 Å². The number of carbonyl (C=O) groups excluding carboxylic acids is 2. The average molecular weight is 349 g/mol. The van der Waals surface area contributed by atoms with Crippen LogP contribution in [0, 0.1) is 5.92 Å². The number of thioether (sulfide) groups is 1. The van der Waals surface area contributed by atoms with Gasteiger partial charge in [-0.25, -0.2) is 9.78 Å². The molecule has 7 nitrogen and oxygen atoms in total. The molecule has 2 aromatic rings. The van der Waals surface area contributed by atoms with Gasteiger partial charge < -0.3 is 10.5 Å². The Morgan fingerprint density at radius 1 is 1.38 bits per heavy atom. The molecule has 1 heterocycles. The van der Waals surface area contributed by atoms with Gasteiger partial charge in [-0.15, -0.1) is 0 Å².